The van der Waals surface area contributed by atoms with Crippen LogP contribution in [0.25, 0.3) is 0 Å². The minimum Gasteiger partial charge on any atom is -0.578 e. The minimum absolute atomic E-state index is 0.170. The monoisotopic (exact) mass is 364 g/mol. The normalized spacial score (nSPS) is 20.1. The standard InChI is InChI=1S/C18H28N4O2S/c1-3-20(4-2)25(24)21-13-11-19(12-14-21)15-18(23)22-10-9-16-7-5-6-8-17(16)22/h5-8H,3-4,9-15H2,1-2H3. The van der Waals surface area contributed by atoms with E-state index in [-0.39, 0.29) is 5.91 Å². The Hall–Kier alpha value is -1.12. The van der Waals surface area contributed by atoms with Gasteiger partial charge in [-0.15, -0.1) is 8.61 Å². The van der Waals surface area contributed by atoms with Crippen molar-refractivity contribution in [3.05, 3.63) is 29.8 Å². The minimum atomic E-state index is -1.06. The fourth-order valence-corrected chi connectivity index (χ4v) is 4.77. The lowest BCUT2D eigenvalue weighted by Gasteiger charge is -2.36. The van der Waals surface area contributed by atoms with Gasteiger partial charge in [-0.3, -0.25) is 9.69 Å². The van der Waals surface area contributed by atoms with E-state index in [0.29, 0.717) is 6.54 Å². The predicted molar refractivity (Wildman–Crippen MR) is 102 cm³/mol. The van der Waals surface area contributed by atoms with Gasteiger partial charge in [0.2, 0.25) is 5.91 Å². The van der Waals surface area contributed by atoms with Crippen molar-refractivity contribution in [1.82, 2.24) is 13.5 Å². The summed E-state index contributed by atoms with van der Waals surface area (Å²) in [6, 6.07) is 8.16. The fourth-order valence-electron chi connectivity index (χ4n) is 3.53. The van der Waals surface area contributed by atoms with Gasteiger partial charge in [-0.2, -0.15) is 0 Å². The smallest absolute Gasteiger partial charge is 0.241 e. The summed E-state index contributed by atoms with van der Waals surface area (Å²) in [5.41, 5.74) is 2.32. The van der Waals surface area contributed by atoms with Crippen molar-refractivity contribution >= 4 is 23.1 Å². The number of hydrogen-bond donors (Lipinski definition) is 0. The number of carbonyl (C=O) groups excluding carboxylic acids is 1. The first-order valence-electron chi connectivity index (χ1n) is 9.16. The molecule has 6 nitrogen and oxygen atoms in total. The average molecular weight is 365 g/mol. The fraction of sp³-hybridized carbons (Fsp3) is 0.611. The topological polar surface area (TPSA) is 53.1 Å². The van der Waals surface area contributed by atoms with Crippen LogP contribution in [0.15, 0.2) is 24.3 Å². The number of fused-ring (bicyclic) bond motifs is 1. The lowest BCUT2D eigenvalue weighted by Crippen LogP contribution is -2.54. The number of benzene rings is 1. The van der Waals surface area contributed by atoms with Crippen molar-refractivity contribution in [3.8, 4) is 0 Å². The van der Waals surface area contributed by atoms with E-state index in [4.69, 9.17) is 0 Å². The van der Waals surface area contributed by atoms with Gasteiger partial charge in [0, 0.05) is 38.4 Å². The van der Waals surface area contributed by atoms with Crippen LogP contribution in [0.5, 0.6) is 0 Å². The van der Waals surface area contributed by atoms with E-state index >= 15 is 0 Å². The molecule has 1 atom stereocenters. The number of rotatable bonds is 6. The van der Waals surface area contributed by atoms with E-state index in [0.717, 1.165) is 57.9 Å². The Balaban J connectivity index is 1.50. The molecule has 0 bridgehead atoms. The van der Waals surface area contributed by atoms with Crippen LogP contribution >= 0.6 is 0 Å². The predicted octanol–water partition coefficient (Wildman–Crippen LogP) is 1.11. The van der Waals surface area contributed by atoms with E-state index in [2.05, 4.69) is 11.0 Å². The average Bonchev–Trinajstić information content (AvgIpc) is 3.07. The lowest BCUT2D eigenvalue weighted by atomic mass is 10.2. The third-order valence-electron chi connectivity index (χ3n) is 5.03. The number of hydrogen-bond acceptors (Lipinski definition) is 5. The van der Waals surface area contributed by atoms with Crippen LogP contribution in [0, 0.1) is 0 Å². The summed E-state index contributed by atoms with van der Waals surface area (Å²) in [4.78, 5) is 16.8. The molecule has 1 saturated heterocycles. The van der Waals surface area contributed by atoms with Crippen LogP contribution in [0.3, 0.4) is 0 Å². The Morgan fingerprint density at radius 1 is 1.12 bits per heavy atom. The quantitative estimate of drug-likeness (QED) is 0.708. The summed E-state index contributed by atoms with van der Waals surface area (Å²) in [5.74, 6) is 0.170. The molecular formula is C18H28N4O2S. The second kappa shape index (κ2) is 8.51. The number of piperazine rings is 1. The second-order valence-corrected chi connectivity index (χ2v) is 7.97. The molecule has 1 unspecified atom stereocenters. The summed E-state index contributed by atoms with van der Waals surface area (Å²) in [6.07, 6.45) is 0.943. The van der Waals surface area contributed by atoms with Gasteiger partial charge in [0.05, 0.1) is 19.6 Å². The molecule has 138 valence electrons. The van der Waals surface area contributed by atoms with Crippen LogP contribution in [-0.4, -0.2) is 76.3 Å². The largest absolute Gasteiger partial charge is 0.578 e. The maximum atomic E-state index is 12.7. The highest BCUT2D eigenvalue weighted by Gasteiger charge is 2.32. The van der Waals surface area contributed by atoms with E-state index < -0.39 is 11.5 Å². The summed E-state index contributed by atoms with van der Waals surface area (Å²) < 4.78 is 16.5. The summed E-state index contributed by atoms with van der Waals surface area (Å²) in [5, 5.41) is 0. The molecule has 25 heavy (non-hydrogen) atoms. The Bertz CT molecular complexity index is 588. The zero-order valence-corrected chi connectivity index (χ0v) is 16.0. The van der Waals surface area contributed by atoms with Crippen molar-refractivity contribution in [1.29, 1.82) is 0 Å². The molecule has 0 N–H and O–H groups in total. The first kappa shape index (κ1) is 18.7. The first-order chi connectivity index (χ1) is 12.1. The molecule has 1 aromatic carbocycles. The van der Waals surface area contributed by atoms with Gasteiger partial charge in [-0.1, -0.05) is 18.2 Å². The second-order valence-electron chi connectivity index (χ2n) is 6.47. The molecule has 0 saturated carbocycles. The number of amides is 1. The molecular weight excluding hydrogens is 336 g/mol. The van der Waals surface area contributed by atoms with Crippen molar-refractivity contribution in [2.45, 2.75) is 20.3 Å². The van der Waals surface area contributed by atoms with E-state index in [1.807, 2.05) is 45.6 Å². The van der Waals surface area contributed by atoms with Gasteiger partial charge in [-0.25, -0.2) is 0 Å². The Labute approximate surface area is 153 Å². The summed E-state index contributed by atoms with van der Waals surface area (Å²) in [7, 11) is 0. The molecule has 1 aromatic rings. The van der Waals surface area contributed by atoms with Crippen molar-refractivity contribution in [2.75, 3.05) is 57.3 Å². The highest BCUT2D eigenvalue weighted by Crippen LogP contribution is 2.27. The van der Waals surface area contributed by atoms with E-state index in [1.54, 1.807) is 0 Å². The van der Waals surface area contributed by atoms with Crippen LogP contribution in [0.1, 0.15) is 19.4 Å². The number of anilines is 1. The maximum absolute atomic E-state index is 12.7. The van der Waals surface area contributed by atoms with Gasteiger partial charge in [0.1, 0.15) is 11.5 Å². The van der Waals surface area contributed by atoms with Gasteiger partial charge in [0.25, 0.3) is 0 Å². The summed E-state index contributed by atoms with van der Waals surface area (Å²) in [6.45, 7) is 9.92. The Morgan fingerprint density at radius 3 is 2.48 bits per heavy atom. The first-order valence-corrected chi connectivity index (χ1v) is 10.2. The van der Waals surface area contributed by atoms with Crippen LogP contribution in [0.4, 0.5) is 5.69 Å². The highest BCUT2D eigenvalue weighted by atomic mass is 32.2. The van der Waals surface area contributed by atoms with Crippen LogP contribution in [-0.2, 0) is 22.8 Å². The van der Waals surface area contributed by atoms with Crippen LogP contribution < -0.4 is 4.90 Å². The van der Waals surface area contributed by atoms with Crippen LogP contribution in [0.2, 0.25) is 0 Å². The molecule has 7 heteroatoms. The van der Waals surface area contributed by atoms with Gasteiger partial charge >= 0.3 is 0 Å². The van der Waals surface area contributed by atoms with Crippen molar-refractivity contribution in [3.63, 3.8) is 0 Å². The Morgan fingerprint density at radius 2 is 1.80 bits per heavy atom. The molecule has 0 aromatic heterocycles. The van der Waals surface area contributed by atoms with E-state index in [9.17, 15) is 9.35 Å². The van der Waals surface area contributed by atoms with Crippen molar-refractivity contribution in [2.24, 2.45) is 0 Å². The third-order valence-corrected chi connectivity index (χ3v) is 6.79. The summed E-state index contributed by atoms with van der Waals surface area (Å²) >= 11 is -1.06. The zero-order chi connectivity index (χ0) is 17.8. The molecule has 0 aliphatic carbocycles. The molecule has 2 aliphatic rings. The van der Waals surface area contributed by atoms with E-state index in [1.165, 1.54) is 5.56 Å². The number of nitrogens with zero attached hydrogens (tertiary/aromatic N) is 4. The van der Waals surface area contributed by atoms with Crippen molar-refractivity contribution < 1.29 is 9.35 Å². The molecule has 1 amide bonds. The third kappa shape index (κ3) is 4.17. The maximum Gasteiger partial charge on any atom is 0.241 e. The van der Waals surface area contributed by atoms with Gasteiger partial charge in [0.15, 0.2) is 0 Å². The molecule has 1 fully saturated rings. The molecule has 0 radical (unpaired) electrons. The number of para-hydroxylation sites is 1. The lowest BCUT2D eigenvalue weighted by molar-refractivity contribution is -0.119. The number of carbonyl (C=O) groups is 1. The SMILES string of the molecule is CCN(CC)[S+]([O-])N1CCN(CC(=O)N2CCc3ccccc32)CC1. The zero-order valence-electron chi connectivity index (χ0n) is 15.2. The van der Waals surface area contributed by atoms with Gasteiger partial charge < -0.3 is 9.45 Å². The van der Waals surface area contributed by atoms with Gasteiger partial charge in [-0.05, 0) is 31.9 Å². The Kier molecular flexibility index (Phi) is 6.35. The highest BCUT2D eigenvalue weighted by molar-refractivity contribution is 7.86. The molecule has 3 rings (SSSR count). The molecule has 2 heterocycles. The molecule has 0 spiro atoms. The molecule has 2 aliphatic heterocycles.